The monoisotopic (exact) mass is 394 g/mol. The van der Waals surface area contributed by atoms with Gasteiger partial charge in [0.1, 0.15) is 0 Å². The van der Waals surface area contributed by atoms with Gasteiger partial charge >= 0.3 is 5.97 Å². The minimum absolute atomic E-state index is 0.000397. The average molecular weight is 395 g/mol. The quantitative estimate of drug-likeness (QED) is 0.117. The summed E-state index contributed by atoms with van der Waals surface area (Å²) < 4.78 is 5.39. The zero-order chi connectivity index (χ0) is 20.9. The van der Waals surface area contributed by atoms with Crippen molar-refractivity contribution in [2.45, 2.75) is 137 Å². The van der Waals surface area contributed by atoms with Gasteiger partial charge in [-0.3, -0.25) is 4.79 Å². The van der Waals surface area contributed by atoms with Crippen LogP contribution in [0.4, 0.5) is 0 Å². The summed E-state index contributed by atoms with van der Waals surface area (Å²) in [5, 5.41) is 0. The van der Waals surface area contributed by atoms with Crippen LogP contribution < -0.4 is 0 Å². The third-order valence-electron chi connectivity index (χ3n) is 5.57. The van der Waals surface area contributed by atoms with Crippen molar-refractivity contribution in [2.24, 2.45) is 5.92 Å². The van der Waals surface area contributed by atoms with Gasteiger partial charge in [-0.15, -0.1) is 0 Å². The van der Waals surface area contributed by atoms with Crippen molar-refractivity contribution in [3.63, 3.8) is 0 Å². The van der Waals surface area contributed by atoms with Gasteiger partial charge in [-0.05, 0) is 45.4 Å². The van der Waals surface area contributed by atoms with E-state index in [-0.39, 0.29) is 5.97 Å². The molecule has 0 N–H and O–H groups in total. The Balaban J connectivity index is 3.29. The first kappa shape index (κ1) is 27.2. The number of carbonyl (C=O) groups excluding carboxylic acids is 1. The van der Waals surface area contributed by atoms with E-state index in [1.54, 1.807) is 0 Å². The second kappa shape index (κ2) is 20.9. The minimum atomic E-state index is -0.000397. The number of allylic oxidation sites excluding steroid dienone is 2. The largest absolute Gasteiger partial charge is 0.466 e. The zero-order valence-electron chi connectivity index (χ0n) is 19.7. The van der Waals surface area contributed by atoms with Crippen LogP contribution in [0.25, 0.3) is 0 Å². The molecular weight excluding hydrogens is 344 g/mol. The van der Waals surface area contributed by atoms with Crippen molar-refractivity contribution in [1.29, 1.82) is 0 Å². The highest BCUT2D eigenvalue weighted by molar-refractivity contribution is 5.69. The Labute approximate surface area is 176 Å². The van der Waals surface area contributed by atoms with Gasteiger partial charge in [0.15, 0.2) is 0 Å². The molecule has 0 aromatic rings. The van der Waals surface area contributed by atoms with Gasteiger partial charge in [0.05, 0.1) is 6.61 Å². The van der Waals surface area contributed by atoms with E-state index in [1.807, 2.05) is 0 Å². The minimum Gasteiger partial charge on any atom is -0.466 e. The van der Waals surface area contributed by atoms with Crippen molar-refractivity contribution in [3.05, 3.63) is 11.6 Å². The smallest absolute Gasteiger partial charge is 0.305 e. The maximum absolute atomic E-state index is 11.8. The fourth-order valence-corrected chi connectivity index (χ4v) is 3.53. The standard InChI is InChI=1S/C26H50O2/c1-5-6-7-8-9-10-11-12-13-14-15-16-17-21-26(27)28-23-22-25(4)20-18-19-24(2)3/h19,25H,5-18,20-23H2,1-4H3/t25-/m1/s1. The number of rotatable bonds is 20. The number of unbranched alkanes of at least 4 members (excludes halogenated alkanes) is 12. The molecule has 0 bridgehead atoms. The molecule has 2 heteroatoms. The third-order valence-corrected chi connectivity index (χ3v) is 5.57. The molecule has 0 amide bonds. The fraction of sp³-hybridized carbons (Fsp3) is 0.885. The van der Waals surface area contributed by atoms with Crippen LogP contribution in [0.1, 0.15) is 137 Å². The maximum atomic E-state index is 11.8. The zero-order valence-corrected chi connectivity index (χ0v) is 19.7. The Morgan fingerprint density at radius 3 is 1.79 bits per heavy atom. The van der Waals surface area contributed by atoms with Gasteiger partial charge in [-0.1, -0.05) is 103 Å². The Bertz CT molecular complexity index is 369. The first-order valence-corrected chi connectivity index (χ1v) is 12.3. The predicted molar refractivity (Wildman–Crippen MR) is 124 cm³/mol. The number of hydrogen-bond acceptors (Lipinski definition) is 2. The number of hydrogen-bond donors (Lipinski definition) is 0. The summed E-state index contributed by atoms with van der Waals surface area (Å²) in [5.74, 6) is 0.624. The summed E-state index contributed by atoms with van der Waals surface area (Å²) in [6.07, 6.45) is 23.6. The summed E-state index contributed by atoms with van der Waals surface area (Å²) in [6, 6.07) is 0. The molecule has 0 saturated heterocycles. The van der Waals surface area contributed by atoms with E-state index in [2.05, 4.69) is 33.8 Å². The highest BCUT2D eigenvalue weighted by Crippen LogP contribution is 2.14. The van der Waals surface area contributed by atoms with Crippen molar-refractivity contribution < 1.29 is 9.53 Å². The van der Waals surface area contributed by atoms with Crippen LogP contribution in [0, 0.1) is 5.92 Å². The normalized spacial score (nSPS) is 12.0. The summed E-state index contributed by atoms with van der Waals surface area (Å²) in [7, 11) is 0. The van der Waals surface area contributed by atoms with Crippen molar-refractivity contribution in [2.75, 3.05) is 6.61 Å². The number of ether oxygens (including phenoxy) is 1. The first-order valence-electron chi connectivity index (χ1n) is 12.3. The molecule has 28 heavy (non-hydrogen) atoms. The molecule has 0 aliphatic rings. The molecule has 0 aliphatic carbocycles. The van der Waals surface area contributed by atoms with E-state index in [1.165, 1.54) is 89.0 Å². The van der Waals surface area contributed by atoms with Gasteiger partial charge in [0.2, 0.25) is 0 Å². The maximum Gasteiger partial charge on any atom is 0.305 e. The highest BCUT2D eigenvalue weighted by atomic mass is 16.5. The fourth-order valence-electron chi connectivity index (χ4n) is 3.53. The van der Waals surface area contributed by atoms with Crippen LogP contribution in [-0.4, -0.2) is 12.6 Å². The Kier molecular flexibility index (Phi) is 20.3. The molecule has 0 unspecified atom stereocenters. The van der Waals surface area contributed by atoms with E-state index >= 15 is 0 Å². The molecule has 0 aliphatic heterocycles. The van der Waals surface area contributed by atoms with E-state index in [4.69, 9.17) is 4.74 Å². The van der Waals surface area contributed by atoms with Gasteiger partial charge in [0.25, 0.3) is 0 Å². The third kappa shape index (κ3) is 21.5. The topological polar surface area (TPSA) is 26.3 Å². The van der Waals surface area contributed by atoms with Crippen LogP contribution >= 0.6 is 0 Å². The van der Waals surface area contributed by atoms with E-state index in [9.17, 15) is 4.79 Å². The summed E-state index contributed by atoms with van der Waals surface area (Å²) in [6.45, 7) is 9.40. The lowest BCUT2D eigenvalue weighted by atomic mass is 10.0. The summed E-state index contributed by atoms with van der Waals surface area (Å²) in [4.78, 5) is 11.8. The lowest BCUT2D eigenvalue weighted by Gasteiger charge is -2.10. The molecule has 0 saturated carbocycles. The lowest BCUT2D eigenvalue weighted by Crippen LogP contribution is -2.08. The lowest BCUT2D eigenvalue weighted by molar-refractivity contribution is -0.144. The van der Waals surface area contributed by atoms with E-state index in [0.29, 0.717) is 18.9 Å². The Morgan fingerprint density at radius 1 is 0.786 bits per heavy atom. The molecular formula is C26H50O2. The SMILES string of the molecule is CCCCCCCCCCCCCCCC(=O)OCC[C@H](C)CCC=C(C)C. The average Bonchev–Trinajstić information content (AvgIpc) is 2.65. The molecule has 2 nitrogen and oxygen atoms in total. The molecule has 0 rings (SSSR count). The van der Waals surface area contributed by atoms with Crippen molar-refractivity contribution >= 4 is 5.97 Å². The molecule has 0 fully saturated rings. The van der Waals surface area contributed by atoms with Crippen LogP contribution in [0.2, 0.25) is 0 Å². The molecule has 1 atom stereocenters. The van der Waals surface area contributed by atoms with Gasteiger partial charge < -0.3 is 4.74 Å². The summed E-state index contributed by atoms with van der Waals surface area (Å²) >= 11 is 0. The van der Waals surface area contributed by atoms with Crippen LogP contribution in [0.3, 0.4) is 0 Å². The van der Waals surface area contributed by atoms with Gasteiger partial charge in [-0.25, -0.2) is 0 Å². The molecule has 0 aromatic carbocycles. The van der Waals surface area contributed by atoms with Crippen LogP contribution in [0.5, 0.6) is 0 Å². The first-order chi connectivity index (χ1) is 13.6. The molecule has 0 spiro atoms. The number of carbonyl (C=O) groups is 1. The predicted octanol–water partition coefficient (Wildman–Crippen LogP) is 8.78. The van der Waals surface area contributed by atoms with Crippen molar-refractivity contribution in [3.8, 4) is 0 Å². The van der Waals surface area contributed by atoms with Crippen LogP contribution in [-0.2, 0) is 9.53 Å². The van der Waals surface area contributed by atoms with Crippen LogP contribution in [0.15, 0.2) is 11.6 Å². The van der Waals surface area contributed by atoms with Gasteiger partial charge in [-0.2, -0.15) is 0 Å². The van der Waals surface area contributed by atoms with Gasteiger partial charge in [0, 0.05) is 6.42 Å². The molecule has 0 radical (unpaired) electrons. The molecule has 0 aromatic heterocycles. The second-order valence-electron chi connectivity index (χ2n) is 8.97. The van der Waals surface area contributed by atoms with E-state index < -0.39 is 0 Å². The second-order valence-corrected chi connectivity index (χ2v) is 8.97. The summed E-state index contributed by atoms with van der Waals surface area (Å²) in [5.41, 5.74) is 1.39. The van der Waals surface area contributed by atoms with E-state index in [0.717, 1.165) is 19.3 Å². The highest BCUT2D eigenvalue weighted by Gasteiger charge is 2.05. The molecule has 0 heterocycles. The number of esters is 1. The Hall–Kier alpha value is -0.790. The molecule has 166 valence electrons. The van der Waals surface area contributed by atoms with Crippen molar-refractivity contribution in [1.82, 2.24) is 0 Å². The Morgan fingerprint density at radius 2 is 1.29 bits per heavy atom.